The van der Waals surface area contributed by atoms with Gasteiger partial charge < -0.3 is 0 Å². The summed E-state index contributed by atoms with van der Waals surface area (Å²) in [4.78, 5) is 0. The van der Waals surface area contributed by atoms with Gasteiger partial charge in [0.25, 0.3) is 0 Å². The van der Waals surface area contributed by atoms with Gasteiger partial charge in [0.1, 0.15) is 0 Å². The minimum Gasteiger partial charge on any atom is -0.212 e. The van der Waals surface area contributed by atoms with Crippen LogP contribution in [0.3, 0.4) is 0 Å². The second kappa shape index (κ2) is 9.60. The number of hydrogen-bond donors (Lipinski definition) is 1. The number of unbranched alkanes of at least 4 members (excludes halogenated alkanes) is 3. The van der Waals surface area contributed by atoms with Crippen molar-refractivity contribution in [1.29, 1.82) is 0 Å². The average molecular weight is 245 g/mol. The second-order valence-electron chi connectivity index (χ2n) is 3.71. The predicted molar refractivity (Wildman–Crippen MR) is 69.9 cm³/mol. The Morgan fingerprint density at radius 1 is 1.19 bits per heavy atom. The highest BCUT2D eigenvalue weighted by atomic mass is 32.2. The van der Waals surface area contributed by atoms with Crippen molar-refractivity contribution >= 4 is 10.0 Å². The van der Waals surface area contributed by atoms with E-state index in [0.717, 1.165) is 32.1 Å². The van der Waals surface area contributed by atoms with Gasteiger partial charge in [0.2, 0.25) is 10.0 Å². The summed E-state index contributed by atoms with van der Waals surface area (Å²) >= 11 is 0. The fraction of sp³-hybridized carbons (Fsp3) is 0.667. The fourth-order valence-electron chi connectivity index (χ4n) is 1.16. The standard InChI is InChI=1S/C12H23NO2S/c1-3-5-7-8-9-10-11-13-16(14,15)12-6-4-2/h3,9-10,13H,1,4-8,11-12H2,2H3. The first kappa shape index (κ1) is 15.4. The smallest absolute Gasteiger partial charge is 0.211 e. The van der Waals surface area contributed by atoms with E-state index in [2.05, 4.69) is 11.3 Å². The van der Waals surface area contributed by atoms with Crippen molar-refractivity contribution in [3.8, 4) is 0 Å². The van der Waals surface area contributed by atoms with Gasteiger partial charge in [-0.05, 0) is 25.7 Å². The zero-order valence-electron chi connectivity index (χ0n) is 10.1. The van der Waals surface area contributed by atoms with Crippen LogP contribution in [0.2, 0.25) is 0 Å². The summed E-state index contributed by atoms with van der Waals surface area (Å²) in [5.41, 5.74) is 0. The van der Waals surface area contributed by atoms with Gasteiger partial charge in [0.15, 0.2) is 0 Å². The quantitative estimate of drug-likeness (QED) is 0.475. The monoisotopic (exact) mass is 245 g/mol. The van der Waals surface area contributed by atoms with Crippen LogP contribution in [0.1, 0.15) is 39.0 Å². The first-order chi connectivity index (χ1) is 7.62. The Balaban J connectivity index is 3.59. The average Bonchev–Trinajstić information content (AvgIpc) is 2.25. The molecule has 0 saturated carbocycles. The van der Waals surface area contributed by atoms with Crippen LogP contribution < -0.4 is 4.72 Å². The molecule has 0 aromatic heterocycles. The van der Waals surface area contributed by atoms with E-state index >= 15 is 0 Å². The zero-order chi connectivity index (χ0) is 12.3. The van der Waals surface area contributed by atoms with E-state index < -0.39 is 10.0 Å². The normalized spacial score (nSPS) is 12.1. The molecule has 16 heavy (non-hydrogen) atoms. The van der Waals surface area contributed by atoms with E-state index in [1.54, 1.807) is 0 Å². The molecule has 0 amide bonds. The molecule has 0 atom stereocenters. The number of nitrogens with one attached hydrogen (secondary N) is 1. The van der Waals surface area contributed by atoms with Crippen molar-refractivity contribution in [2.24, 2.45) is 0 Å². The fourth-order valence-corrected chi connectivity index (χ4v) is 2.33. The molecule has 1 N–H and O–H groups in total. The van der Waals surface area contributed by atoms with Gasteiger partial charge in [-0.3, -0.25) is 0 Å². The minimum absolute atomic E-state index is 0.230. The maximum atomic E-state index is 11.4. The molecule has 3 nitrogen and oxygen atoms in total. The van der Waals surface area contributed by atoms with Gasteiger partial charge in [-0.2, -0.15) is 0 Å². The lowest BCUT2D eigenvalue weighted by molar-refractivity contribution is 0.582. The molecule has 0 aliphatic rings. The molecule has 0 saturated heterocycles. The highest BCUT2D eigenvalue weighted by Crippen LogP contribution is 1.97. The number of sulfonamides is 1. The van der Waals surface area contributed by atoms with Crippen LogP contribution in [0.5, 0.6) is 0 Å². The van der Waals surface area contributed by atoms with Crippen molar-refractivity contribution < 1.29 is 8.42 Å². The summed E-state index contributed by atoms with van der Waals surface area (Å²) in [6, 6.07) is 0. The van der Waals surface area contributed by atoms with Crippen molar-refractivity contribution in [3.63, 3.8) is 0 Å². The molecular formula is C12H23NO2S. The Morgan fingerprint density at radius 2 is 1.94 bits per heavy atom. The van der Waals surface area contributed by atoms with E-state index in [0.29, 0.717) is 6.54 Å². The third kappa shape index (κ3) is 9.93. The minimum atomic E-state index is -3.06. The highest BCUT2D eigenvalue weighted by Gasteiger charge is 2.06. The topological polar surface area (TPSA) is 46.2 Å². The van der Waals surface area contributed by atoms with Gasteiger partial charge >= 0.3 is 0 Å². The van der Waals surface area contributed by atoms with Crippen molar-refractivity contribution in [1.82, 2.24) is 4.72 Å². The number of allylic oxidation sites excluding steroid dienone is 2. The van der Waals surface area contributed by atoms with Crippen LogP contribution in [0.25, 0.3) is 0 Å². The Bertz CT molecular complexity index is 294. The predicted octanol–water partition coefficient (Wildman–Crippen LogP) is 2.62. The maximum absolute atomic E-state index is 11.4. The molecule has 0 spiro atoms. The molecule has 0 aromatic carbocycles. The molecule has 4 heteroatoms. The first-order valence-electron chi connectivity index (χ1n) is 5.85. The molecule has 0 radical (unpaired) electrons. The van der Waals surface area contributed by atoms with Crippen LogP contribution in [0.4, 0.5) is 0 Å². The van der Waals surface area contributed by atoms with Gasteiger partial charge in [0.05, 0.1) is 5.75 Å². The van der Waals surface area contributed by atoms with Gasteiger partial charge in [0, 0.05) is 6.54 Å². The summed E-state index contributed by atoms with van der Waals surface area (Å²) in [6.07, 6.45) is 10.4. The molecule has 0 bridgehead atoms. The first-order valence-corrected chi connectivity index (χ1v) is 7.51. The third-order valence-electron chi connectivity index (χ3n) is 2.13. The number of rotatable bonds is 10. The van der Waals surface area contributed by atoms with Crippen LogP contribution in [-0.2, 0) is 10.0 Å². The second-order valence-corrected chi connectivity index (χ2v) is 5.64. The summed E-state index contributed by atoms with van der Waals surface area (Å²) < 4.78 is 25.3. The molecule has 0 aliphatic carbocycles. The maximum Gasteiger partial charge on any atom is 0.211 e. The van der Waals surface area contributed by atoms with Gasteiger partial charge in [-0.15, -0.1) is 6.58 Å². The molecule has 0 aliphatic heterocycles. The summed E-state index contributed by atoms with van der Waals surface area (Å²) in [5.74, 6) is 0.230. The lowest BCUT2D eigenvalue weighted by Gasteiger charge is -2.02. The largest absolute Gasteiger partial charge is 0.212 e. The summed E-state index contributed by atoms with van der Waals surface area (Å²) in [6.45, 7) is 6.02. The van der Waals surface area contributed by atoms with Crippen molar-refractivity contribution in [2.75, 3.05) is 12.3 Å². The van der Waals surface area contributed by atoms with Crippen LogP contribution in [0, 0.1) is 0 Å². The van der Waals surface area contributed by atoms with E-state index in [4.69, 9.17) is 0 Å². The molecule has 94 valence electrons. The van der Waals surface area contributed by atoms with Crippen LogP contribution in [-0.4, -0.2) is 20.7 Å². The van der Waals surface area contributed by atoms with Crippen molar-refractivity contribution in [2.45, 2.75) is 39.0 Å². The van der Waals surface area contributed by atoms with Gasteiger partial charge in [-0.25, -0.2) is 13.1 Å². The molecule has 0 rings (SSSR count). The van der Waals surface area contributed by atoms with E-state index in [9.17, 15) is 8.42 Å². The summed E-state index contributed by atoms with van der Waals surface area (Å²) in [7, 11) is -3.06. The van der Waals surface area contributed by atoms with E-state index in [1.165, 1.54) is 0 Å². The molecular weight excluding hydrogens is 222 g/mol. The number of hydrogen-bond acceptors (Lipinski definition) is 2. The highest BCUT2D eigenvalue weighted by molar-refractivity contribution is 7.89. The van der Waals surface area contributed by atoms with E-state index in [-0.39, 0.29) is 5.75 Å². The molecule has 0 fully saturated rings. The van der Waals surface area contributed by atoms with E-state index in [1.807, 2.05) is 25.2 Å². The summed E-state index contributed by atoms with van der Waals surface area (Å²) in [5, 5.41) is 0. The molecule has 0 heterocycles. The lowest BCUT2D eigenvalue weighted by atomic mass is 10.2. The third-order valence-corrected chi connectivity index (χ3v) is 3.57. The molecule has 0 unspecified atom stereocenters. The Kier molecular flexibility index (Phi) is 9.24. The Labute approximate surface area is 99.7 Å². The lowest BCUT2D eigenvalue weighted by Crippen LogP contribution is -2.26. The van der Waals surface area contributed by atoms with Crippen LogP contribution in [0.15, 0.2) is 24.8 Å². The Morgan fingerprint density at radius 3 is 2.56 bits per heavy atom. The van der Waals surface area contributed by atoms with Crippen LogP contribution >= 0.6 is 0 Å². The van der Waals surface area contributed by atoms with Gasteiger partial charge in [-0.1, -0.05) is 31.6 Å². The SMILES string of the molecule is C=CCCCC=CCNS(=O)(=O)CCCC. The Hall–Kier alpha value is -0.610. The van der Waals surface area contributed by atoms with Crippen molar-refractivity contribution in [3.05, 3.63) is 24.8 Å². The molecule has 0 aromatic rings. The zero-order valence-corrected chi connectivity index (χ0v) is 10.9.